The first-order valence-corrected chi connectivity index (χ1v) is 11.9. The molecule has 2 nitrogen and oxygen atoms in total. The molecule has 2 aliphatic carbocycles. The average molecular weight is 327 g/mol. The molecule has 3 heteroatoms. The van der Waals surface area contributed by atoms with Crippen molar-refractivity contribution in [2.45, 2.75) is 107 Å². The summed E-state index contributed by atoms with van der Waals surface area (Å²) in [6.07, 6.45) is 20.9. The second-order valence-electron chi connectivity index (χ2n) is 7.57. The summed E-state index contributed by atoms with van der Waals surface area (Å²) in [5, 5.41) is 0. The lowest BCUT2D eigenvalue weighted by atomic mass is 10.0. The molecule has 0 heterocycles. The van der Waals surface area contributed by atoms with Gasteiger partial charge in [0, 0.05) is 25.3 Å². The second kappa shape index (κ2) is 10.1. The van der Waals surface area contributed by atoms with Crippen LogP contribution in [0.15, 0.2) is 0 Å². The maximum absolute atomic E-state index is 6.31. The van der Waals surface area contributed by atoms with Gasteiger partial charge in [0.1, 0.15) is 0 Å². The molecule has 2 saturated carbocycles. The summed E-state index contributed by atoms with van der Waals surface area (Å²) in [7, 11) is 1.85. The second-order valence-corrected chi connectivity index (χ2v) is 11.5. The Bertz CT molecular complexity index is 273. The van der Waals surface area contributed by atoms with Crippen molar-refractivity contribution in [2.24, 2.45) is 0 Å². The van der Waals surface area contributed by atoms with Crippen LogP contribution in [-0.4, -0.2) is 22.8 Å². The van der Waals surface area contributed by atoms with Crippen molar-refractivity contribution in [3.63, 3.8) is 0 Å². The SMILES string of the molecule is CO[Si](OC)(C1CCCCCCCCC1)C1CCCCCC1. The van der Waals surface area contributed by atoms with E-state index in [1.807, 2.05) is 14.2 Å². The molecule has 0 bridgehead atoms. The molecule has 2 aliphatic rings. The van der Waals surface area contributed by atoms with E-state index in [4.69, 9.17) is 8.85 Å². The third kappa shape index (κ3) is 4.81. The Labute approximate surface area is 139 Å². The molecule has 0 atom stereocenters. The van der Waals surface area contributed by atoms with Crippen LogP contribution < -0.4 is 0 Å². The smallest absolute Gasteiger partial charge is 0.344 e. The van der Waals surface area contributed by atoms with Gasteiger partial charge in [-0.1, -0.05) is 70.6 Å². The van der Waals surface area contributed by atoms with Crippen molar-refractivity contribution in [2.75, 3.05) is 14.2 Å². The maximum Gasteiger partial charge on any atom is 0.344 e. The first kappa shape index (κ1) is 18.5. The zero-order valence-corrected chi connectivity index (χ0v) is 16.1. The van der Waals surface area contributed by atoms with Crippen LogP contribution in [0.3, 0.4) is 0 Å². The molecule has 0 aliphatic heterocycles. The quantitative estimate of drug-likeness (QED) is 0.443. The Kier molecular flexibility index (Phi) is 8.48. The lowest BCUT2D eigenvalue weighted by molar-refractivity contribution is 0.203. The first-order valence-electron chi connectivity index (χ1n) is 9.94. The zero-order chi connectivity index (χ0) is 15.7. The molecule has 2 fully saturated rings. The molecule has 0 amide bonds. The normalized spacial score (nSPS) is 24.8. The molecule has 2 rings (SSSR count). The van der Waals surface area contributed by atoms with Gasteiger partial charge in [-0.05, 0) is 25.7 Å². The van der Waals surface area contributed by atoms with Crippen LogP contribution in [0.4, 0.5) is 0 Å². The lowest BCUT2D eigenvalue weighted by Gasteiger charge is -2.41. The van der Waals surface area contributed by atoms with Crippen LogP contribution in [-0.2, 0) is 8.85 Å². The molecule has 0 N–H and O–H groups in total. The third-order valence-electron chi connectivity index (χ3n) is 6.24. The minimum Gasteiger partial charge on any atom is -0.397 e. The summed E-state index contributed by atoms with van der Waals surface area (Å²) in [5.41, 5.74) is 1.46. The van der Waals surface area contributed by atoms with Crippen LogP contribution in [0.1, 0.15) is 96.3 Å². The number of hydrogen-bond donors (Lipinski definition) is 0. The summed E-state index contributed by atoms with van der Waals surface area (Å²) >= 11 is 0. The molecule has 0 aromatic rings. The molecule has 0 aromatic carbocycles. The molecular formula is C19H38O2Si. The predicted octanol–water partition coefficient (Wildman–Crippen LogP) is 6.34. The van der Waals surface area contributed by atoms with Crippen molar-refractivity contribution in [1.29, 1.82) is 0 Å². The molecule has 0 radical (unpaired) electrons. The number of hydrogen-bond acceptors (Lipinski definition) is 2. The van der Waals surface area contributed by atoms with E-state index < -0.39 is 8.56 Å². The highest BCUT2D eigenvalue weighted by Crippen LogP contribution is 2.46. The predicted molar refractivity (Wildman–Crippen MR) is 96.5 cm³/mol. The van der Waals surface area contributed by atoms with E-state index >= 15 is 0 Å². The summed E-state index contributed by atoms with van der Waals surface area (Å²) in [4.78, 5) is 0. The highest BCUT2D eigenvalue weighted by atomic mass is 28.4. The van der Waals surface area contributed by atoms with Gasteiger partial charge in [-0.2, -0.15) is 0 Å². The van der Waals surface area contributed by atoms with Gasteiger partial charge in [-0.3, -0.25) is 0 Å². The van der Waals surface area contributed by atoms with E-state index in [0.29, 0.717) is 0 Å². The Morgan fingerprint density at radius 2 is 0.773 bits per heavy atom. The third-order valence-corrected chi connectivity index (χ3v) is 10.9. The van der Waals surface area contributed by atoms with Gasteiger partial charge in [0.2, 0.25) is 0 Å². The summed E-state index contributed by atoms with van der Waals surface area (Å²) in [6, 6.07) is 0. The van der Waals surface area contributed by atoms with E-state index in [0.717, 1.165) is 11.1 Å². The molecule has 22 heavy (non-hydrogen) atoms. The van der Waals surface area contributed by atoms with Crippen LogP contribution in [0.5, 0.6) is 0 Å². The highest BCUT2D eigenvalue weighted by molar-refractivity contribution is 6.70. The van der Waals surface area contributed by atoms with Gasteiger partial charge in [0.25, 0.3) is 0 Å². The van der Waals surface area contributed by atoms with Crippen LogP contribution in [0, 0.1) is 0 Å². The first-order chi connectivity index (χ1) is 10.8. The summed E-state index contributed by atoms with van der Waals surface area (Å²) < 4.78 is 12.6. The standard InChI is InChI=1S/C19H38O2Si/c1-20-22(21-2,19-16-12-8-9-13-17-19)18-14-10-6-4-3-5-7-11-15-18/h18-19H,3-17H2,1-2H3. The Morgan fingerprint density at radius 1 is 0.500 bits per heavy atom. The summed E-state index contributed by atoms with van der Waals surface area (Å²) in [6.45, 7) is 0. The lowest BCUT2D eigenvalue weighted by Crippen LogP contribution is -2.49. The average Bonchev–Trinajstić information content (AvgIpc) is 2.85. The molecule has 0 unspecified atom stereocenters. The van der Waals surface area contributed by atoms with Gasteiger partial charge in [-0.15, -0.1) is 0 Å². The Morgan fingerprint density at radius 3 is 1.05 bits per heavy atom. The fourth-order valence-corrected chi connectivity index (χ4v) is 9.57. The van der Waals surface area contributed by atoms with Gasteiger partial charge in [0.15, 0.2) is 0 Å². The number of rotatable bonds is 4. The largest absolute Gasteiger partial charge is 0.397 e. The van der Waals surface area contributed by atoms with Crippen LogP contribution in [0.25, 0.3) is 0 Å². The van der Waals surface area contributed by atoms with Gasteiger partial charge < -0.3 is 8.85 Å². The van der Waals surface area contributed by atoms with Crippen molar-refractivity contribution in [3.05, 3.63) is 0 Å². The topological polar surface area (TPSA) is 18.5 Å². The van der Waals surface area contributed by atoms with Gasteiger partial charge in [-0.25, -0.2) is 0 Å². The zero-order valence-electron chi connectivity index (χ0n) is 15.1. The monoisotopic (exact) mass is 326 g/mol. The van der Waals surface area contributed by atoms with E-state index in [-0.39, 0.29) is 0 Å². The molecule has 130 valence electrons. The summed E-state index contributed by atoms with van der Waals surface area (Å²) in [5.74, 6) is 0. The van der Waals surface area contributed by atoms with Crippen molar-refractivity contribution in [1.82, 2.24) is 0 Å². The van der Waals surface area contributed by atoms with Crippen LogP contribution in [0.2, 0.25) is 11.1 Å². The van der Waals surface area contributed by atoms with E-state index in [9.17, 15) is 0 Å². The maximum atomic E-state index is 6.31. The van der Waals surface area contributed by atoms with E-state index in [2.05, 4.69) is 0 Å². The minimum atomic E-state index is -2.07. The molecule has 0 spiro atoms. The van der Waals surface area contributed by atoms with Crippen molar-refractivity contribution >= 4 is 8.56 Å². The van der Waals surface area contributed by atoms with Gasteiger partial charge in [0.05, 0.1) is 0 Å². The minimum absolute atomic E-state index is 0.726. The highest BCUT2D eigenvalue weighted by Gasteiger charge is 2.50. The van der Waals surface area contributed by atoms with E-state index in [1.54, 1.807) is 0 Å². The van der Waals surface area contributed by atoms with E-state index in [1.165, 1.54) is 96.3 Å². The van der Waals surface area contributed by atoms with Crippen molar-refractivity contribution < 1.29 is 8.85 Å². The Balaban J connectivity index is 2.10. The molecular weight excluding hydrogens is 288 g/mol. The van der Waals surface area contributed by atoms with Crippen LogP contribution >= 0.6 is 0 Å². The molecule has 0 saturated heterocycles. The fraction of sp³-hybridized carbons (Fsp3) is 1.00. The Hall–Kier alpha value is 0.137. The van der Waals surface area contributed by atoms with Gasteiger partial charge >= 0.3 is 8.56 Å². The fourth-order valence-electron chi connectivity index (χ4n) is 4.98. The molecule has 0 aromatic heterocycles. The van der Waals surface area contributed by atoms with Crippen molar-refractivity contribution in [3.8, 4) is 0 Å².